The van der Waals surface area contributed by atoms with Crippen LogP contribution in [-0.2, 0) is 11.2 Å². The van der Waals surface area contributed by atoms with Crippen LogP contribution < -0.4 is 4.74 Å². The van der Waals surface area contributed by atoms with Gasteiger partial charge >= 0.3 is 5.97 Å². The minimum absolute atomic E-state index is 0.227. The number of aryl methyl sites for hydroxylation is 1. The number of rotatable bonds is 12. The van der Waals surface area contributed by atoms with E-state index in [1.807, 2.05) is 31.5 Å². The van der Waals surface area contributed by atoms with Gasteiger partial charge in [-0.25, -0.2) is 9.97 Å². The molecular weight excluding hydrogens is 428 g/mol. The third-order valence-electron chi connectivity index (χ3n) is 5.22. The van der Waals surface area contributed by atoms with Gasteiger partial charge in [-0.15, -0.1) is 0 Å². The van der Waals surface area contributed by atoms with Gasteiger partial charge in [0.2, 0.25) is 0 Å². The molecule has 0 N–H and O–H groups in total. The number of halogens is 1. The fraction of sp³-hybridized carbons (Fsp3) is 0.542. The summed E-state index contributed by atoms with van der Waals surface area (Å²) in [5.74, 6) is 1.19. The highest BCUT2D eigenvalue weighted by molar-refractivity contribution is 9.10. The maximum Gasteiger partial charge on any atom is 0.325 e. The summed E-state index contributed by atoms with van der Waals surface area (Å²) >= 11 is 3.42. The average molecular weight is 461 g/mol. The Morgan fingerprint density at radius 3 is 2.24 bits per heavy atom. The summed E-state index contributed by atoms with van der Waals surface area (Å²) in [6.45, 7) is 6.32. The Labute approximate surface area is 183 Å². The molecule has 0 bridgehead atoms. The first-order chi connectivity index (χ1) is 14.0. The van der Waals surface area contributed by atoms with Gasteiger partial charge in [0.05, 0.1) is 0 Å². The van der Waals surface area contributed by atoms with Crippen molar-refractivity contribution in [2.24, 2.45) is 5.92 Å². The molecule has 0 spiro atoms. The lowest BCUT2D eigenvalue weighted by Crippen LogP contribution is -2.26. The Morgan fingerprint density at radius 1 is 1.00 bits per heavy atom. The molecule has 0 amide bonds. The number of unbranched alkanes of at least 4 members (excludes halogenated alkanes) is 5. The zero-order chi connectivity index (χ0) is 21.1. The number of esters is 1. The lowest BCUT2D eigenvalue weighted by atomic mass is 10.1. The average Bonchev–Trinajstić information content (AvgIpc) is 2.76. The topological polar surface area (TPSA) is 52.1 Å². The molecule has 1 heterocycles. The van der Waals surface area contributed by atoms with Crippen LogP contribution in [0, 0.1) is 5.92 Å². The smallest absolute Gasteiger partial charge is 0.325 e. The van der Waals surface area contributed by atoms with E-state index >= 15 is 0 Å². The molecule has 2 rings (SSSR count). The highest BCUT2D eigenvalue weighted by atomic mass is 79.9. The van der Waals surface area contributed by atoms with E-state index in [0.717, 1.165) is 18.4 Å². The third kappa shape index (κ3) is 7.88. The van der Waals surface area contributed by atoms with Crippen LogP contribution in [0.4, 0.5) is 0 Å². The van der Waals surface area contributed by atoms with Crippen molar-refractivity contribution in [3.63, 3.8) is 0 Å². The van der Waals surface area contributed by atoms with E-state index < -0.39 is 0 Å². The SMILES string of the molecule is CCCCCCCCc1cnc(-c2ccc(OC(=O)C(Br)C(C)CC)cc2)nc1. The molecular formula is C24H33BrN2O2. The fourth-order valence-electron chi connectivity index (χ4n) is 3.03. The van der Waals surface area contributed by atoms with Crippen molar-refractivity contribution in [1.29, 1.82) is 0 Å². The fourth-order valence-corrected chi connectivity index (χ4v) is 3.49. The lowest BCUT2D eigenvalue weighted by Gasteiger charge is -2.15. The first-order valence-corrected chi connectivity index (χ1v) is 11.7. The second kappa shape index (κ2) is 12.7. The Hall–Kier alpha value is -1.75. The molecule has 1 aromatic heterocycles. The molecule has 0 saturated carbocycles. The number of ether oxygens (including phenoxy) is 1. The zero-order valence-corrected chi connectivity index (χ0v) is 19.5. The van der Waals surface area contributed by atoms with E-state index in [1.165, 1.54) is 44.1 Å². The molecule has 2 atom stereocenters. The van der Waals surface area contributed by atoms with Gasteiger partial charge < -0.3 is 4.74 Å². The van der Waals surface area contributed by atoms with Crippen LogP contribution in [0.5, 0.6) is 5.75 Å². The van der Waals surface area contributed by atoms with E-state index in [1.54, 1.807) is 12.1 Å². The summed E-state index contributed by atoms with van der Waals surface area (Å²) in [4.78, 5) is 20.9. The number of hydrogen-bond acceptors (Lipinski definition) is 4. The van der Waals surface area contributed by atoms with Crippen LogP contribution in [-0.4, -0.2) is 20.8 Å². The maximum atomic E-state index is 12.2. The maximum absolute atomic E-state index is 12.2. The zero-order valence-electron chi connectivity index (χ0n) is 17.9. The van der Waals surface area contributed by atoms with Crippen LogP contribution in [0.1, 0.15) is 71.3 Å². The Bertz CT molecular complexity index is 732. The van der Waals surface area contributed by atoms with Crippen molar-refractivity contribution >= 4 is 21.9 Å². The Morgan fingerprint density at radius 2 is 1.62 bits per heavy atom. The second-order valence-corrected chi connectivity index (χ2v) is 8.65. The molecule has 0 radical (unpaired) electrons. The highest BCUT2D eigenvalue weighted by Gasteiger charge is 2.22. The molecule has 5 heteroatoms. The largest absolute Gasteiger partial charge is 0.426 e. The number of carbonyl (C=O) groups excluding carboxylic acids is 1. The number of benzene rings is 1. The minimum Gasteiger partial charge on any atom is -0.426 e. The quantitative estimate of drug-likeness (QED) is 0.152. The van der Waals surface area contributed by atoms with E-state index in [0.29, 0.717) is 11.6 Å². The Balaban J connectivity index is 1.85. The Kier molecular flexibility index (Phi) is 10.3. The molecule has 4 nitrogen and oxygen atoms in total. The van der Waals surface area contributed by atoms with E-state index in [9.17, 15) is 4.79 Å². The van der Waals surface area contributed by atoms with Crippen molar-refractivity contribution in [3.8, 4) is 17.1 Å². The minimum atomic E-state index is -0.297. The lowest BCUT2D eigenvalue weighted by molar-refractivity contribution is -0.134. The van der Waals surface area contributed by atoms with Crippen LogP contribution in [0.15, 0.2) is 36.7 Å². The van der Waals surface area contributed by atoms with E-state index in [-0.39, 0.29) is 16.7 Å². The van der Waals surface area contributed by atoms with Crippen LogP contribution in [0.25, 0.3) is 11.4 Å². The van der Waals surface area contributed by atoms with Crippen molar-refractivity contribution in [3.05, 3.63) is 42.2 Å². The summed E-state index contributed by atoms with van der Waals surface area (Å²) in [6.07, 6.45) is 13.5. The van der Waals surface area contributed by atoms with Crippen molar-refractivity contribution in [2.75, 3.05) is 0 Å². The third-order valence-corrected chi connectivity index (χ3v) is 6.50. The predicted octanol–water partition coefficient (Wildman–Crippen LogP) is 6.76. The van der Waals surface area contributed by atoms with Gasteiger partial charge in [0, 0.05) is 18.0 Å². The normalized spacial score (nSPS) is 13.1. The standard InChI is InChI=1S/C24H33BrN2O2/c1-4-6-7-8-9-10-11-19-16-26-23(27-17-19)20-12-14-21(15-13-20)29-24(28)22(25)18(3)5-2/h12-18,22H,4-11H2,1-3H3. The summed E-state index contributed by atoms with van der Waals surface area (Å²) in [6, 6.07) is 7.35. The molecule has 0 aliphatic heterocycles. The van der Waals surface area contributed by atoms with Gasteiger partial charge in [-0.05, 0) is 48.6 Å². The summed E-state index contributed by atoms with van der Waals surface area (Å²) in [7, 11) is 0. The van der Waals surface area contributed by atoms with Crippen LogP contribution in [0.3, 0.4) is 0 Å². The first kappa shape index (κ1) is 23.5. The number of carbonyl (C=O) groups is 1. The van der Waals surface area contributed by atoms with E-state index in [2.05, 4.69) is 39.7 Å². The van der Waals surface area contributed by atoms with Gasteiger partial charge in [0.15, 0.2) is 5.82 Å². The van der Waals surface area contributed by atoms with Gasteiger partial charge in [0.1, 0.15) is 10.6 Å². The molecule has 1 aromatic carbocycles. The highest BCUT2D eigenvalue weighted by Crippen LogP contribution is 2.23. The number of alkyl halides is 1. The van der Waals surface area contributed by atoms with Crippen molar-refractivity contribution in [2.45, 2.75) is 77.0 Å². The van der Waals surface area contributed by atoms with Gasteiger partial charge in [-0.2, -0.15) is 0 Å². The van der Waals surface area contributed by atoms with Crippen molar-refractivity contribution < 1.29 is 9.53 Å². The van der Waals surface area contributed by atoms with Gasteiger partial charge in [-0.1, -0.05) is 75.2 Å². The van der Waals surface area contributed by atoms with Gasteiger partial charge in [0.25, 0.3) is 0 Å². The van der Waals surface area contributed by atoms with Crippen molar-refractivity contribution in [1.82, 2.24) is 9.97 Å². The second-order valence-electron chi connectivity index (χ2n) is 7.67. The molecule has 0 fully saturated rings. The van der Waals surface area contributed by atoms with E-state index in [4.69, 9.17) is 4.74 Å². The van der Waals surface area contributed by atoms with Crippen LogP contribution in [0.2, 0.25) is 0 Å². The number of nitrogens with zero attached hydrogens (tertiary/aromatic N) is 2. The summed E-state index contributed by atoms with van der Waals surface area (Å²) in [5, 5.41) is 0. The summed E-state index contributed by atoms with van der Waals surface area (Å²) < 4.78 is 5.46. The van der Waals surface area contributed by atoms with Gasteiger partial charge in [-0.3, -0.25) is 4.79 Å². The molecule has 158 valence electrons. The molecule has 0 saturated heterocycles. The molecule has 2 unspecified atom stereocenters. The number of hydrogen-bond donors (Lipinski definition) is 0. The summed E-state index contributed by atoms with van der Waals surface area (Å²) in [5.41, 5.74) is 2.09. The molecule has 29 heavy (non-hydrogen) atoms. The predicted molar refractivity (Wildman–Crippen MR) is 122 cm³/mol. The molecule has 0 aliphatic rings. The molecule has 0 aliphatic carbocycles. The number of aromatic nitrogens is 2. The molecule has 2 aromatic rings. The van der Waals surface area contributed by atoms with Crippen LogP contribution >= 0.6 is 15.9 Å². The first-order valence-electron chi connectivity index (χ1n) is 10.8. The monoisotopic (exact) mass is 460 g/mol.